The van der Waals surface area contributed by atoms with Crippen LogP contribution in [0.25, 0.3) is 0 Å². The maximum Gasteiger partial charge on any atom is 0.320 e. The number of ether oxygens (including phenoxy) is 1. The first-order valence-electron chi connectivity index (χ1n) is 6.55. The van der Waals surface area contributed by atoms with Gasteiger partial charge in [0.05, 0.1) is 13.2 Å². The third-order valence-electron chi connectivity index (χ3n) is 3.86. The number of carbonyl (C=O) groups excluding carboxylic acids is 1. The number of carbonyl (C=O) groups is 1. The predicted octanol–water partition coefficient (Wildman–Crippen LogP) is 0.640. The zero-order chi connectivity index (χ0) is 12.3. The molecule has 1 aliphatic carbocycles. The summed E-state index contributed by atoms with van der Waals surface area (Å²) in [6, 6.07) is 0.452. The SMILES string of the molecule is CN(C(=O)N1CCOCC1)C1CCCCC1N. The number of nitrogens with zero attached hydrogens (tertiary/aromatic N) is 2. The molecule has 2 fully saturated rings. The largest absolute Gasteiger partial charge is 0.378 e. The van der Waals surface area contributed by atoms with E-state index in [2.05, 4.69) is 0 Å². The van der Waals surface area contributed by atoms with Gasteiger partial charge < -0.3 is 20.3 Å². The molecule has 2 aliphatic rings. The quantitative estimate of drug-likeness (QED) is 0.733. The first-order valence-corrected chi connectivity index (χ1v) is 6.55. The van der Waals surface area contributed by atoms with Gasteiger partial charge in [-0.15, -0.1) is 0 Å². The van der Waals surface area contributed by atoms with E-state index in [0.29, 0.717) is 26.3 Å². The highest BCUT2D eigenvalue weighted by molar-refractivity contribution is 5.74. The van der Waals surface area contributed by atoms with Crippen molar-refractivity contribution in [3.05, 3.63) is 0 Å². The first kappa shape index (κ1) is 12.6. The van der Waals surface area contributed by atoms with Gasteiger partial charge in [0.2, 0.25) is 0 Å². The summed E-state index contributed by atoms with van der Waals surface area (Å²) in [5.41, 5.74) is 6.11. The van der Waals surface area contributed by atoms with Crippen LogP contribution in [0.4, 0.5) is 4.79 Å². The number of nitrogens with two attached hydrogens (primary N) is 1. The third kappa shape index (κ3) is 2.90. The van der Waals surface area contributed by atoms with Gasteiger partial charge in [0.25, 0.3) is 0 Å². The lowest BCUT2D eigenvalue weighted by Gasteiger charge is -2.39. The molecule has 2 amide bonds. The van der Waals surface area contributed by atoms with Crippen molar-refractivity contribution in [3.8, 4) is 0 Å². The topological polar surface area (TPSA) is 58.8 Å². The molecular formula is C12H23N3O2. The Kier molecular flexibility index (Phi) is 4.23. The summed E-state index contributed by atoms with van der Waals surface area (Å²) < 4.78 is 5.26. The Balaban J connectivity index is 1.92. The number of likely N-dealkylation sites (N-methyl/N-ethyl adjacent to an activating group) is 1. The lowest BCUT2D eigenvalue weighted by atomic mass is 9.90. The summed E-state index contributed by atoms with van der Waals surface area (Å²) in [5.74, 6) is 0. The highest BCUT2D eigenvalue weighted by Crippen LogP contribution is 2.22. The lowest BCUT2D eigenvalue weighted by molar-refractivity contribution is 0.0392. The van der Waals surface area contributed by atoms with Crippen LogP contribution in [-0.2, 0) is 4.74 Å². The Morgan fingerprint density at radius 1 is 1.29 bits per heavy atom. The van der Waals surface area contributed by atoms with Crippen LogP contribution in [0.1, 0.15) is 25.7 Å². The van der Waals surface area contributed by atoms with Gasteiger partial charge in [-0.05, 0) is 12.8 Å². The van der Waals surface area contributed by atoms with E-state index in [0.717, 1.165) is 12.8 Å². The predicted molar refractivity (Wildman–Crippen MR) is 65.8 cm³/mol. The smallest absolute Gasteiger partial charge is 0.320 e. The fourth-order valence-electron chi connectivity index (χ4n) is 2.74. The summed E-state index contributed by atoms with van der Waals surface area (Å²) in [6.45, 7) is 2.70. The summed E-state index contributed by atoms with van der Waals surface area (Å²) in [6.07, 6.45) is 4.44. The van der Waals surface area contributed by atoms with E-state index in [9.17, 15) is 4.79 Å². The number of urea groups is 1. The van der Waals surface area contributed by atoms with Crippen molar-refractivity contribution in [3.63, 3.8) is 0 Å². The average Bonchev–Trinajstić information content (AvgIpc) is 2.39. The molecule has 0 spiro atoms. The number of hydrogen-bond donors (Lipinski definition) is 1. The fraction of sp³-hybridized carbons (Fsp3) is 0.917. The molecule has 5 nitrogen and oxygen atoms in total. The first-order chi connectivity index (χ1) is 8.20. The zero-order valence-electron chi connectivity index (χ0n) is 10.6. The average molecular weight is 241 g/mol. The molecule has 0 aromatic carbocycles. The summed E-state index contributed by atoms with van der Waals surface area (Å²) >= 11 is 0. The maximum atomic E-state index is 12.3. The Bertz CT molecular complexity index is 266. The number of hydrogen-bond acceptors (Lipinski definition) is 3. The van der Waals surface area contributed by atoms with Gasteiger partial charge >= 0.3 is 6.03 Å². The minimum atomic E-state index is 0.107. The summed E-state index contributed by atoms with van der Waals surface area (Å²) in [7, 11) is 1.88. The normalized spacial score (nSPS) is 30.1. The van der Waals surface area contributed by atoms with Crippen LogP contribution in [0.5, 0.6) is 0 Å². The molecule has 1 heterocycles. The van der Waals surface area contributed by atoms with E-state index >= 15 is 0 Å². The van der Waals surface area contributed by atoms with Crippen LogP contribution < -0.4 is 5.73 Å². The van der Waals surface area contributed by atoms with Gasteiger partial charge in [-0.1, -0.05) is 12.8 Å². The highest BCUT2D eigenvalue weighted by atomic mass is 16.5. The van der Waals surface area contributed by atoms with Crippen LogP contribution in [0, 0.1) is 0 Å². The molecule has 1 saturated carbocycles. The van der Waals surface area contributed by atoms with E-state index in [4.69, 9.17) is 10.5 Å². The van der Waals surface area contributed by atoms with Crippen LogP contribution >= 0.6 is 0 Å². The van der Waals surface area contributed by atoms with Gasteiger partial charge in [-0.2, -0.15) is 0 Å². The van der Waals surface area contributed by atoms with Crippen molar-refractivity contribution in [2.75, 3.05) is 33.4 Å². The lowest BCUT2D eigenvalue weighted by Crippen LogP contribution is -2.55. The molecule has 1 saturated heterocycles. The molecule has 2 atom stereocenters. The Morgan fingerprint density at radius 3 is 2.59 bits per heavy atom. The van der Waals surface area contributed by atoms with E-state index in [1.54, 1.807) is 0 Å². The number of amides is 2. The van der Waals surface area contributed by atoms with Gasteiger partial charge in [0.1, 0.15) is 0 Å². The molecular weight excluding hydrogens is 218 g/mol. The number of rotatable bonds is 1. The second-order valence-corrected chi connectivity index (χ2v) is 5.01. The molecule has 1 aliphatic heterocycles. The van der Waals surface area contributed by atoms with E-state index < -0.39 is 0 Å². The van der Waals surface area contributed by atoms with Gasteiger partial charge in [-0.3, -0.25) is 0 Å². The molecule has 0 aromatic heterocycles. The van der Waals surface area contributed by atoms with Crippen LogP contribution in [-0.4, -0.2) is 61.3 Å². The van der Waals surface area contributed by atoms with Crippen LogP contribution in [0.15, 0.2) is 0 Å². The van der Waals surface area contributed by atoms with E-state index in [1.165, 1.54) is 12.8 Å². The molecule has 2 N–H and O–H groups in total. The molecule has 2 rings (SSSR count). The fourth-order valence-corrected chi connectivity index (χ4v) is 2.74. The van der Waals surface area contributed by atoms with Crippen molar-refractivity contribution >= 4 is 6.03 Å². The summed E-state index contributed by atoms with van der Waals surface area (Å²) in [4.78, 5) is 16.0. The second-order valence-electron chi connectivity index (χ2n) is 5.01. The Hall–Kier alpha value is -0.810. The zero-order valence-corrected chi connectivity index (χ0v) is 10.6. The number of morpholine rings is 1. The van der Waals surface area contributed by atoms with E-state index in [-0.39, 0.29) is 18.1 Å². The molecule has 5 heteroatoms. The monoisotopic (exact) mass is 241 g/mol. The van der Waals surface area contributed by atoms with Gasteiger partial charge in [-0.25, -0.2) is 4.79 Å². The minimum absolute atomic E-state index is 0.107. The highest BCUT2D eigenvalue weighted by Gasteiger charge is 2.31. The summed E-state index contributed by atoms with van der Waals surface area (Å²) in [5, 5.41) is 0. The van der Waals surface area contributed by atoms with Crippen molar-refractivity contribution in [2.45, 2.75) is 37.8 Å². The maximum absolute atomic E-state index is 12.3. The molecule has 17 heavy (non-hydrogen) atoms. The van der Waals surface area contributed by atoms with Gasteiger partial charge in [0, 0.05) is 32.2 Å². The molecule has 0 bridgehead atoms. The van der Waals surface area contributed by atoms with Crippen molar-refractivity contribution in [2.24, 2.45) is 5.73 Å². The second kappa shape index (κ2) is 5.69. The molecule has 2 unspecified atom stereocenters. The van der Waals surface area contributed by atoms with Crippen molar-refractivity contribution < 1.29 is 9.53 Å². The third-order valence-corrected chi connectivity index (χ3v) is 3.86. The van der Waals surface area contributed by atoms with Crippen LogP contribution in [0.3, 0.4) is 0 Å². The Labute approximate surface area is 103 Å². The standard InChI is InChI=1S/C12H23N3O2/c1-14(11-5-3-2-4-10(11)13)12(16)15-6-8-17-9-7-15/h10-11H,2-9,13H2,1H3. The minimum Gasteiger partial charge on any atom is -0.378 e. The molecule has 0 aromatic rings. The van der Waals surface area contributed by atoms with E-state index in [1.807, 2.05) is 16.8 Å². The molecule has 0 radical (unpaired) electrons. The molecule has 98 valence electrons. The van der Waals surface area contributed by atoms with Gasteiger partial charge in [0.15, 0.2) is 0 Å². The Morgan fingerprint density at radius 2 is 1.94 bits per heavy atom. The van der Waals surface area contributed by atoms with Crippen molar-refractivity contribution in [1.29, 1.82) is 0 Å². The van der Waals surface area contributed by atoms with Crippen LogP contribution in [0.2, 0.25) is 0 Å². The van der Waals surface area contributed by atoms with Crippen molar-refractivity contribution in [1.82, 2.24) is 9.80 Å².